The minimum absolute atomic E-state index is 0.114. The average Bonchev–Trinajstić information content (AvgIpc) is 2.32. The number of aliphatic hydroxyl groups is 2. The zero-order chi connectivity index (χ0) is 12.8. The molecular formula is C13H24O4. The fourth-order valence-electron chi connectivity index (χ4n) is 3.16. The van der Waals surface area contributed by atoms with Crippen LogP contribution in [0.3, 0.4) is 0 Å². The lowest BCUT2D eigenvalue weighted by atomic mass is 9.73. The molecule has 0 unspecified atom stereocenters. The Balaban J connectivity index is 2.23. The molecule has 0 aromatic rings. The molecule has 0 amide bonds. The summed E-state index contributed by atoms with van der Waals surface area (Å²) in [4.78, 5) is 0. The van der Waals surface area contributed by atoms with Crippen LogP contribution in [0.25, 0.3) is 0 Å². The van der Waals surface area contributed by atoms with E-state index < -0.39 is 18.0 Å². The maximum atomic E-state index is 10.2. The van der Waals surface area contributed by atoms with Crippen molar-refractivity contribution in [2.24, 2.45) is 23.7 Å². The molecule has 0 aliphatic carbocycles. The number of rotatable bonds is 0. The molecule has 2 saturated heterocycles. The van der Waals surface area contributed by atoms with Crippen molar-refractivity contribution in [3.05, 3.63) is 0 Å². The van der Waals surface area contributed by atoms with E-state index in [1.54, 1.807) is 0 Å². The highest BCUT2D eigenvalue weighted by Crippen LogP contribution is 2.45. The van der Waals surface area contributed by atoms with Gasteiger partial charge in [0, 0.05) is 23.7 Å². The third kappa shape index (κ3) is 1.91. The Kier molecular flexibility index (Phi) is 3.51. The molecule has 100 valence electrons. The van der Waals surface area contributed by atoms with Gasteiger partial charge in [-0.25, -0.2) is 0 Å². The fourth-order valence-corrected chi connectivity index (χ4v) is 3.16. The molecule has 4 nitrogen and oxygen atoms in total. The average molecular weight is 244 g/mol. The first-order valence-electron chi connectivity index (χ1n) is 6.54. The van der Waals surface area contributed by atoms with E-state index in [0.717, 1.165) is 0 Å². The third-order valence-corrected chi connectivity index (χ3v) is 4.60. The monoisotopic (exact) mass is 244 g/mol. The van der Waals surface area contributed by atoms with Crippen molar-refractivity contribution in [3.63, 3.8) is 0 Å². The van der Waals surface area contributed by atoms with Gasteiger partial charge in [-0.05, 0) is 0 Å². The molecule has 0 radical (unpaired) electrons. The number of hydrogen-bond acceptors (Lipinski definition) is 4. The Morgan fingerprint density at radius 1 is 0.824 bits per heavy atom. The van der Waals surface area contributed by atoms with Crippen LogP contribution in [0.4, 0.5) is 0 Å². The van der Waals surface area contributed by atoms with Gasteiger partial charge in [0.15, 0.2) is 5.79 Å². The minimum atomic E-state index is -0.822. The molecule has 6 atom stereocenters. The second kappa shape index (κ2) is 4.50. The van der Waals surface area contributed by atoms with Crippen molar-refractivity contribution in [2.45, 2.75) is 45.7 Å². The smallest absolute Gasteiger partial charge is 0.178 e. The molecule has 1 spiro atoms. The summed E-state index contributed by atoms with van der Waals surface area (Å²) in [5.74, 6) is -0.838. The van der Waals surface area contributed by atoms with Gasteiger partial charge in [-0.15, -0.1) is 0 Å². The van der Waals surface area contributed by atoms with E-state index in [1.807, 2.05) is 27.7 Å². The van der Waals surface area contributed by atoms with Crippen LogP contribution in [0, 0.1) is 23.7 Å². The van der Waals surface area contributed by atoms with E-state index in [1.165, 1.54) is 0 Å². The van der Waals surface area contributed by atoms with Gasteiger partial charge in [-0.2, -0.15) is 0 Å². The van der Waals surface area contributed by atoms with Crippen molar-refractivity contribution in [2.75, 3.05) is 13.2 Å². The molecule has 2 N–H and O–H groups in total. The first-order valence-corrected chi connectivity index (χ1v) is 6.54. The highest BCUT2D eigenvalue weighted by molar-refractivity contribution is 4.97. The second-order valence-corrected chi connectivity index (χ2v) is 5.86. The minimum Gasteiger partial charge on any atom is -0.392 e. The summed E-state index contributed by atoms with van der Waals surface area (Å²) in [6, 6.07) is 0. The van der Waals surface area contributed by atoms with Crippen molar-refractivity contribution < 1.29 is 19.7 Å². The summed E-state index contributed by atoms with van der Waals surface area (Å²) in [6.45, 7) is 8.80. The van der Waals surface area contributed by atoms with Crippen molar-refractivity contribution in [1.29, 1.82) is 0 Å². The van der Waals surface area contributed by atoms with Crippen LogP contribution in [0.5, 0.6) is 0 Å². The molecule has 0 saturated carbocycles. The zero-order valence-electron chi connectivity index (χ0n) is 11.1. The molecule has 2 rings (SSSR count). The molecule has 2 fully saturated rings. The molecule has 0 bridgehead atoms. The quantitative estimate of drug-likeness (QED) is 0.667. The Morgan fingerprint density at radius 2 is 1.18 bits per heavy atom. The van der Waals surface area contributed by atoms with E-state index >= 15 is 0 Å². The van der Waals surface area contributed by atoms with Gasteiger partial charge in [0.05, 0.1) is 25.4 Å². The molecule has 4 heteroatoms. The molecule has 2 heterocycles. The SMILES string of the molecule is C[C@@H]1COC2(OC[C@@H](C)[C@@H](O)[C@H]2C)[C@H](C)[C@@H]1O. The lowest BCUT2D eigenvalue weighted by Gasteiger charge is -2.54. The van der Waals surface area contributed by atoms with Crippen LogP contribution in [0.15, 0.2) is 0 Å². The normalized spacial score (nSPS) is 56.1. The van der Waals surface area contributed by atoms with Gasteiger partial charge < -0.3 is 19.7 Å². The number of aliphatic hydroxyl groups excluding tert-OH is 2. The molecule has 2 aliphatic heterocycles. The third-order valence-electron chi connectivity index (χ3n) is 4.60. The zero-order valence-corrected chi connectivity index (χ0v) is 11.1. The fraction of sp³-hybridized carbons (Fsp3) is 1.00. The van der Waals surface area contributed by atoms with Gasteiger partial charge in [0.2, 0.25) is 0 Å². The Labute approximate surface area is 103 Å². The number of ether oxygens (including phenoxy) is 2. The Hall–Kier alpha value is -0.160. The lowest BCUT2D eigenvalue weighted by molar-refractivity contribution is -0.366. The maximum absolute atomic E-state index is 10.2. The van der Waals surface area contributed by atoms with E-state index in [4.69, 9.17) is 9.47 Å². The topological polar surface area (TPSA) is 58.9 Å². The van der Waals surface area contributed by atoms with Crippen LogP contribution in [0.2, 0.25) is 0 Å². The van der Waals surface area contributed by atoms with E-state index in [2.05, 4.69) is 0 Å². The molecule has 2 aliphatic rings. The summed E-state index contributed by atoms with van der Waals surface area (Å²) in [5.41, 5.74) is 0. The van der Waals surface area contributed by atoms with Crippen LogP contribution in [0.1, 0.15) is 27.7 Å². The molecule has 17 heavy (non-hydrogen) atoms. The van der Waals surface area contributed by atoms with Crippen LogP contribution in [-0.2, 0) is 9.47 Å². The highest BCUT2D eigenvalue weighted by atomic mass is 16.7. The standard InChI is InChI=1S/C13H24O4/c1-7-5-16-13(9(3)11(7)14)10(4)12(15)8(2)6-17-13/h7-12,14-15H,5-6H2,1-4H3/t7-,8-,9-,10-,11-,12-,13?/m1/s1. The Morgan fingerprint density at radius 3 is 1.53 bits per heavy atom. The van der Waals surface area contributed by atoms with Crippen LogP contribution < -0.4 is 0 Å². The van der Waals surface area contributed by atoms with Crippen LogP contribution >= 0.6 is 0 Å². The summed E-state index contributed by atoms with van der Waals surface area (Å²) >= 11 is 0. The van der Waals surface area contributed by atoms with Gasteiger partial charge in [-0.3, -0.25) is 0 Å². The Bertz CT molecular complexity index is 253. The maximum Gasteiger partial charge on any atom is 0.178 e. The van der Waals surface area contributed by atoms with Crippen molar-refractivity contribution in [1.82, 2.24) is 0 Å². The van der Waals surface area contributed by atoms with Crippen molar-refractivity contribution >= 4 is 0 Å². The molecule has 0 aromatic carbocycles. The summed E-state index contributed by atoms with van der Waals surface area (Å²) in [7, 11) is 0. The second-order valence-electron chi connectivity index (χ2n) is 5.86. The van der Waals surface area contributed by atoms with E-state index in [-0.39, 0.29) is 23.7 Å². The lowest BCUT2D eigenvalue weighted by Crippen LogP contribution is -2.64. The van der Waals surface area contributed by atoms with Crippen molar-refractivity contribution in [3.8, 4) is 0 Å². The summed E-state index contributed by atoms with van der Waals surface area (Å²) in [5, 5.41) is 20.4. The van der Waals surface area contributed by atoms with Gasteiger partial charge in [0.1, 0.15) is 0 Å². The predicted octanol–water partition coefficient (Wildman–Crippen LogP) is 1.01. The summed E-state index contributed by atoms with van der Waals surface area (Å²) in [6.07, 6.45) is -0.876. The molecule has 0 aromatic heterocycles. The summed E-state index contributed by atoms with van der Waals surface area (Å²) < 4.78 is 11.8. The number of hydrogen-bond donors (Lipinski definition) is 2. The largest absolute Gasteiger partial charge is 0.392 e. The van der Waals surface area contributed by atoms with Crippen LogP contribution in [-0.4, -0.2) is 41.4 Å². The molecular weight excluding hydrogens is 220 g/mol. The van der Waals surface area contributed by atoms with E-state index in [0.29, 0.717) is 13.2 Å². The predicted molar refractivity (Wildman–Crippen MR) is 63.3 cm³/mol. The van der Waals surface area contributed by atoms with Gasteiger partial charge in [-0.1, -0.05) is 27.7 Å². The van der Waals surface area contributed by atoms with Gasteiger partial charge in [0.25, 0.3) is 0 Å². The first kappa shape index (κ1) is 13.3. The first-order chi connectivity index (χ1) is 7.90. The van der Waals surface area contributed by atoms with Gasteiger partial charge >= 0.3 is 0 Å². The highest BCUT2D eigenvalue weighted by Gasteiger charge is 2.56. The van der Waals surface area contributed by atoms with E-state index in [9.17, 15) is 10.2 Å².